The van der Waals surface area contributed by atoms with Crippen LogP contribution >= 0.6 is 0 Å². The van der Waals surface area contributed by atoms with Gasteiger partial charge in [0, 0.05) is 34.8 Å². The first kappa shape index (κ1) is 22.0. The van der Waals surface area contributed by atoms with Crippen molar-refractivity contribution in [2.75, 3.05) is 5.32 Å². The molecule has 0 atom stereocenters. The van der Waals surface area contributed by atoms with Gasteiger partial charge in [-0.15, -0.1) is 0 Å². The molecular formula is C27H24N2O4. The Balaban J connectivity index is 1.44. The van der Waals surface area contributed by atoms with Crippen LogP contribution in [0.25, 0.3) is 22.0 Å². The first-order valence-corrected chi connectivity index (χ1v) is 10.6. The number of aliphatic carboxylic acids is 1. The van der Waals surface area contributed by atoms with E-state index in [0.29, 0.717) is 16.8 Å². The van der Waals surface area contributed by atoms with E-state index in [-0.39, 0.29) is 18.1 Å². The van der Waals surface area contributed by atoms with Crippen molar-refractivity contribution in [1.29, 1.82) is 0 Å². The van der Waals surface area contributed by atoms with E-state index in [9.17, 15) is 19.5 Å². The summed E-state index contributed by atoms with van der Waals surface area (Å²) in [5, 5.41) is 13.0. The fraction of sp³-hybridized carbons (Fsp3) is 0.148. The van der Waals surface area contributed by atoms with Gasteiger partial charge < -0.3 is 15.4 Å². The highest BCUT2D eigenvalue weighted by Gasteiger charge is 2.30. The van der Waals surface area contributed by atoms with Crippen molar-refractivity contribution in [3.05, 3.63) is 90.1 Å². The van der Waals surface area contributed by atoms with E-state index in [1.807, 2.05) is 60.7 Å². The van der Waals surface area contributed by atoms with Crippen molar-refractivity contribution >= 4 is 34.3 Å². The number of carbonyl (C=O) groups is 3. The topological polar surface area (TPSA) is 99.3 Å². The van der Waals surface area contributed by atoms with Gasteiger partial charge in [0.1, 0.15) is 0 Å². The summed E-state index contributed by atoms with van der Waals surface area (Å²) in [6.45, 7) is 3.08. The lowest BCUT2D eigenvalue weighted by Crippen LogP contribution is -2.26. The Labute approximate surface area is 191 Å². The lowest BCUT2D eigenvalue weighted by molar-refractivity contribution is -0.146. The minimum absolute atomic E-state index is 0.0630. The van der Waals surface area contributed by atoms with E-state index < -0.39 is 11.4 Å². The van der Waals surface area contributed by atoms with Gasteiger partial charge in [-0.2, -0.15) is 0 Å². The normalized spacial score (nSPS) is 11.3. The fourth-order valence-electron chi connectivity index (χ4n) is 3.63. The van der Waals surface area contributed by atoms with Gasteiger partial charge in [0.2, 0.25) is 0 Å². The van der Waals surface area contributed by atoms with Gasteiger partial charge in [-0.1, -0.05) is 54.6 Å². The SMILES string of the molecule is CC(C)(CC(=O)c1ccc(-c2ccc(NC(=O)c3c[nH]c4ccccc34)cc2)cc1)C(=O)O. The van der Waals surface area contributed by atoms with Crippen LogP contribution in [0.4, 0.5) is 5.69 Å². The van der Waals surface area contributed by atoms with Crippen molar-refractivity contribution in [2.24, 2.45) is 5.41 Å². The van der Waals surface area contributed by atoms with E-state index in [1.54, 1.807) is 32.2 Å². The Kier molecular flexibility index (Phi) is 5.84. The molecule has 0 radical (unpaired) electrons. The Hall–Kier alpha value is -4.19. The lowest BCUT2D eigenvalue weighted by Gasteiger charge is -2.17. The van der Waals surface area contributed by atoms with Crippen LogP contribution in [0.3, 0.4) is 0 Å². The number of nitrogens with one attached hydrogen (secondary N) is 2. The number of carboxylic acid groups (broad SMARTS) is 1. The first-order chi connectivity index (χ1) is 15.7. The Morgan fingerprint density at radius 2 is 1.48 bits per heavy atom. The largest absolute Gasteiger partial charge is 0.481 e. The first-order valence-electron chi connectivity index (χ1n) is 10.6. The highest BCUT2D eigenvalue weighted by atomic mass is 16.4. The average molecular weight is 440 g/mol. The second-order valence-electron chi connectivity index (χ2n) is 8.65. The number of H-pyrrole nitrogens is 1. The maximum atomic E-state index is 12.7. The Morgan fingerprint density at radius 3 is 2.12 bits per heavy atom. The number of rotatable bonds is 7. The summed E-state index contributed by atoms with van der Waals surface area (Å²) in [5.74, 6) is -1.39. The predicted molar refractivity (Wildman–Crippen MR) is 128 cm³/mol. The van der Waals surface area contributed by atoms with Gasteiger partial charge in [0.05, 0.1) is 11.0 Å². The van der Waals surface area contributed by atoms with Crippen LogP contribution in [0.15, 0.2) is 79.0 Å². The minimum atomic E-state index is -1.11. The van der Waals surface area contributed by atoms with E-state index in [2.05, 4.69) is 10.3 Å². The van der Waals surface area contributed by atoms with Crippen molar-refractivity contribution in [1.82, 2.24) is 4.98 Å². The Morgan fingerprint density at radius 1 is 0.879 bits per heavy atom. The number of fused-ring (bicyclic) bond motifs is 1. The third kappa shape index (κ3) is 4.70. The standard InChI is InChI=1S/C27H24N2O4/c1-27(2,26(32)33)15-24(30)19-9-7-17(8-10-19)18-11-13-20(14-12-18)29-25(31)22-16-28-23-6-4-3-5-21(22)23/h3-14,16,28H,15H2,1-2H3,(H,29,31)(H,32,33). The maximum absolute atomic E-state index is 12.7. The zero-order valence-electron chi connectivity index (χ0n) is 18.4. The van der Waals surface area contributed by atoms with Crippen LogP contribution in [0.1, 0.15) is 41.0 Å². The number of aromatic amines is 1. The molecule has 166 valence electrons. The molecular weight excluding hydrogens is 416 g/mol. The predicted octanol–water partition coefficient (Wildman–Crippen LogP) is 5.77. The number of carbonyl (C=O) groups excluding carboxylic acids is 2. The minimum Gasteiger partial charge on any atom is -0.481 e. The number of hydrogen-bond acceptors (Lipinski definition) is 3. The molecule has 0 aliphatic heterocycles. The molecule has 0 unspecified atom stereocenters. The zero-order chi connectivity index (χ0) is 23.6. The van der Waals surface area contributed by atoms with Crippen LogP contribution in [0, 0.1) is 5.41 Å². The molecule has 6 heteroatoms. The molecule has 4 rings (SSSR count). The smallest absolute Gasteiger partial charge is 0.309 e. The third-order valence-electron chi connectivity index (χ3n) is 5.70. The van der Waals surface area contributed by atoms with Gasteiger partial charge in [-0.3, -0.25) is 14.4 Å². The summed E-state index contributed by atoms with van der Waals surface area (Å²) in [7, 11) is 0. The molecule has 0 saturated carbocycles. The van der Waals surface area contributed by atoms with Crippen LogP contribution in [0.2, 0.25) is 0 Å². The quantitative estimate of drug-likeness (QED) is 0.318. The molecule has 1 aromatic heterocycles. The molecule has 0 bridgehead atoms. The molecule has 0 aliphatic carbocycles. The number of amides is 1. The summed E-state index contributed by atoms with van der Waals surface area (Å²) in [5.41, 5.74) is 3.39. The monoisotopic (exact) mass is 440 g/mol. The van der Waals surface area contributed by atoms with E-state index in [1.165, 1.54) is 0 Å². The molecule has 3 N–H and O–H groups in total. The summed E-state index contributed by atoms with van der Waals surface area (Å²) in [4.78, 5) is 39.5. The van der Waals surface area contributed by atoms with E-state index in [4.69, 9.17) is 0 Å². The van der Waals surface area contributed by atoms with Gasteiger partial charge >= 0.3 is 5.97 Å². The number of hydrogen-bond donors (Lipinski definition) is 3. The number of anilines is 1. The fourth-order valence-corrected chi connectivity index (χ4v) is 3.63. The summed E-state index contributed by atoms with van der Waals surface area (Å²) in [6, 6.07) is 22.2. The summed E-state index contributed by atoms with van der Waals surface area (Å²) in [6.07, 6.45) is 1.64. The number of aromatic nitrogens is 1. The molecule has 1 heterocycles. The molecule has 0 saturated heterocycles. The maximum Gasteiger partial charge on any atom is 0.309 e. The molecule has 33 heavy (non-hydrogen) atoms. The molecule has 4 aromatic rings. The highest BCUT2D eigenvalue weighted by Crippen LogP contribution is 2.26. The Bertz CT molecular complexity index is 1330. The zero-order valence-corrected chi connectivity index (χ0v) is 18.4. The lowest BCUT2D eigenvalue weighted by atomic mass is 9.85. The second-order valence-corrected chi connectivity index (χ2v) is 8.65. The number of carboxylic acids is 1. The van der Waals surface area contributed by atoms with Crippen molar-refractivity contribution in [3.63, 3.8) is 0 Å². The number of benzene rings is 3. The molecule has 0 spiro atoms. The second kappa shape index (κ2) is 8.74. The molecule has 0 aliphatic rings. The molecule has 1 amide bonds. The molecule has 6 nitrogen and oxygen atoms in total. The number of ketones is 1. The van der Waals surface area contributed by atoms with Crippen LogP contribution < -0.4 is 5.32 Å². The van der Waals surface area contributed by atoms with E-state index in [0.717, 1.165) is 22.0 Å². The number of para-hydroxylation sites is 1. The molecule has 0 fully saturated rings. The van der Waals surface area contributed by atoms with Gasteiger partial charge in [0.25, 0.3) is 5.91 Å². The van der Waals surface area contributed by atoms with Gasteiger partial charge in [-0.25, -0.2) is 0 Å². The van der Waals surface area contributed by atoms with Crippen molar-refractivity contribution in [2.45, 2.75) is 20.3 Å². The van der Waals surface area contributed by atoms with Gasteiger partial charge in [-0.05, 0) is 43.2 Å². The highest BCUT2D eigenvalue weighted by molar-refractivity contribution is 6.12. The van der Waals surface area contributed by atoms with E-state index >= 15 is 0 Å². The summed E-state index contributed by atoms with van der Waals surface area (Å²) < 4.78 is 0. The van der Waals surface area contributed by atoms with Crippen LogP contribution in [0.5, 0.6) is 0 Å². The van der Waals surface area contributed by atoms with Crippen molar-refractivity contribution < 1.29 is 19.5 Å². The average Bonchev–Trinajstić information content (AvgIpc) is 3.24. The number of Topliss-reactive ketones (excluding diaryl/α,β-unsaturated/α-hetero) is 1. The van der Waals surface area contributed by atoms with Gasteiger partial charge in [0.15, 0.2) is 5.78 Å². The third-order valence-corrected chi connectivity index (χ3v) is 5.70. The molecule has 3 aromatic carbocycles. The summed E-state index contributed by atoms with van der Waals surface area (Å²) >= 11 is 0. The van der Waals surface area contributed by atoms with Crippen LogP contribution in [-0.2, 0) is 4.79 Å². The van der Waals surface area contributed by atoms with Crippen LogP contribution in [-0.4, -0.2) is 27.8 Å². The van der Waals surface area contributed by atoms with Crippen molar-refractivity contribution in [3.8, 4) is 11.1 Å².